The Morgan fingerprint density at radius 2 is 1.76 bits per heavy atom. The second-order valence-electron chi connectivity index (χ2n) is 7.28. The number of nitrogens with zero attached hydrogens (tertiary/aromatic N) is 3. The number of piperazine rings is 1. The quantitative estimate of drug-likeness (QED) is 0.486. The van der Waals surface area contributed by atoms with Gasteiger partial charge in [0, 0.05) is 44.0 Å². The van der Waals surface area contributed by atoms with Crippen molar-refractivity contribution in [3.05, 3.63) is 52.6 Å². The summed E-state index contributed by atoms with van der Waals surface area (Å²) in [6, 6.07) is 8.97. The normalized spacial score (nSPS) is 18.1. The molecule has 0 atom stereocenters. The van der Waals surface area contributed by atoms with Crippen molar-refractivity contribution in [2.75, 3.05) is 38.0 Å². The lowest BCUT2D eigenvalue weighted by atomic mass is 10.2. The molecule has 2 heterocycles. The molecule has 176 valence electrons. The minimum atomic E-state index is -4.08. The molecule has 2 aromatic carbocycles. The number of ether oxygens (including phenoxy) is 2. The summed E-state index contributed by atoms with van der Waals surface area (Å²) in [7, 11) is -4.08. The molecule has 1 fully saturated rings. The lowest BCUT2D eigenvalue weighted by molar-refractivity contribution is -0.387. The third kappa shape index (κ3) is 4.86. The van der Waals surface area contributed by atoms with E-state index < -0.39 is 32.8 Å². The fourth-order valence-corrected chi connectivity index (χ4v) is 5.10. The molecule has 14 heteroatoms. The first-order valence-electron chi connectivity index (χ1n) is 9.71. The van der Waals surface area contributed by atoms with Crippen LogP contribution in [0.15, 0.2) is 47.4 Å². The van der Waals surface area contributed by atoms with Crippen molar-refractivity contribution < 1.29 is 36.4 Å². The summed E-state index contributed by atoms with van der Waals surface area (Å²) in [5.41, 5.74) is -0.265. The van der Waals surface area contributed by atoms with Crippen LogP contribution in [0, 0.1) is 10.1 Å². The van der Waals surface area contributed by atoms with E-state index in [2.05, 4.69) is 14.8 Å². The fourth-order valence-electron chi connectivity index (χ4n) is 3.52. The summed E-state index contributed by atoms with van der Waals surface area (Å²) >= 11 is 0. The Hall–Kier alpha value is -3.36. The highest BCUT2D eigenvalue weighted by atomic mass is 32.2. The van der Waals surface area contributed by atoms with Crippen LogP contribution in [0.2, 0.25) is 0 Å². The summed E-state index contributed by atoms with van der Waals surface area (Å²) in [5, 5.41) is 13.8. The molecule has 0 spiro atoms. The monoisotopic (exact) mass is 484 g/mol. The topological polar surface area (TPSA) is 131 Å². The van der Waals surface area contributed by atoms with Gasteiger partial charge in [0.05, 0.1) is 11.5 Å². The van der Waals surface area contributed by atoms with Gasteiger partial charge in [-0.3, -0.25) is 19.8 Å². The fraction of sp³-hybridized carbons (Fsp3) is 0.316. The molecule has 0 radical (unpaired) electrons. The maximum Gasteiger partial charge on any atom is 0.586 e. The predicted octanol–water partition coefficient (Wildman–Crippen LogP) is 1.86. The lowest BCUT2D eigenvalue weighted by Crippen LogP contribution is -2.50. The molecule has 11 nitrogen and oxygen atoms in total. The highest BCUT2D eigenvalue weighted by Crippen LogP contribution is 2.42. The Kier molecular flexibility index (Phi) is 5.90. The van der Waals surface area contributed by atoms with Gasteiger partial charge in [-0.25, -0.2) is 8.42 Å². The van der Waals surface area contributed by atoms with Gasteiger partial charge in [0.15, 0.2) is 16.4 Å². The molecule has 0 unspecified atom stereocenters. The van der Waals surface area contributed by atoms with E-state index in [1.54, 1.807) is 4.90 Å². The van der Waals surface area contributed by atoms with Crippen molar-refractivity contribution in [1.29, 1.82) is 0 Å². The number of sulfonamides is 1. The van der Waals surface area contributed by atoms with Gasteiger partial charge >= 0.3 is 6.29 Å². The number of carbonyl (C=O) groups excluding carboxylic acids is 1. The second kappa shape index (κ2) is 8.53. The van der Waals surface area contributed by atoms with Crippen LogP contribution >= 0.6 is 0 Å². The SMILES string of the molecule is O=C(CN1CCN(S(=O)(=O)c2ccccc2[N+](=O)[O-])CC1)Nc1ccc2c(c1)OC(F)(F)O2. The van der Waals surface area contributed by atoms with Crippen LogP contribution in [-0.2, 0) is 14.8 Å². The number of nitrogens with one attached hydrogen (secondary N) is 1. The molecule has 0 saturated carbocycles. The largest absolute Gasteiger partial charge is 0.586 e. The zero-order valence-corrected chi connectivity index (χ0v) is 17.8. The molecule has 2 aliphatic heterocycles. The zero-order valence-electron chi connectivity index (χ0n) is 16.9. The molecule has 1 N–H and O–H groups in total. The first-order chi connectivity index (χ1) is 15.5. The third-order valence-corrected chi connectivity index (χ3v) is 7.01. The molecule has 2 aromatic rings. The average molecular weight is 484 g/mol. The number of carbonyl (C=O) groups is 1. The average Bonchev–Trinajstić information content (AvgIpc) is 3.07. The molecular weight excluding hydrogens is 466 g/mol. The minimum absolute atomic E-state index is 0.0424. The first kappa shape index (κ1) is 22.8. The van der Waals surface area contributed by atoms with Crippen molar-refractivity contribution in [3.8, 4) is 11.5 Å². The van der Waals surface area contributed by atoms with Gasteiger partial charge in [-0.1, -0.05) is 12.1 Å². The third-order valence-electron chi connectivity index (χ3n) is 5.06. The Bertz CT molecular complexity index is 1200. The number of alkyl halides is 2. The van der Waals surface area contributed by atoms with E-state index in [1.807, 2.05) is 0 Å². The van der Waals surface area contributed by atoms with Crippen LogP contribution in [0.4, 0.5) is 20.2 Å². The molecule has 1 amide bonds. The van der Waals surface area contributed by atoms with Gasteiger partial charge in [0.1, 0.15) is 0 Å². The summed E-state index contributed by atoms with van der Waals surface area (Å²) in [6.07, 6.45) is -3.76. The molecular formula is C19H18F2N4O7S. The smallest absolute Gasteiger partial charge is 0.395 e. The highest BCUT2D eigenvalue weighted by molar-refractivity contribution is 7.89. The molecule has 33 heavy (non-hydrogen) atoms. The first-order valence-corrected chi connectivity index (χ1v) is 11.1. The number of benzene rings is 2. The number of hydrogen-bond acceptors (Lipinski definition) is 8. The van der Waals surface area contributed by atoms with Crippen molar-refractivity contribution in [1.82, 2.24) is 9.21 Å². The van der Waals surface area contributed by atoms with E-state index in [4.69, 9.17) is 0 Å². The maximum atomic E-state index is 13.1. The van der Waals surface area contributed by atoms with Crippen molar-refractivity contribution in [3.63, 3.8) is 0 Å². The van der Waals surface area contributed by atoms with E-state index in [0.29, 0.717) is 0 Å². The Balaban J connectivity index is 1.34. The van der Waals surface area contributed by atoms with Gasteiger partial charge in [0.2, 0.25) is 15.9 Å². The maximum absolute atomic E-state index is 13.1. The number of fused-ring (bicyclic) bond motifs is 1. The number of amides is 1. The predicted molar refractivity (Wildman–Crippen MR) is 110 cm³/mol. The Labute approximate surface area is 186 Å². The molecule has 4 rings (SSSR count). The molecule has 0 aliphatic carbocycles. The Morgan fingerprint density at radius 3 is 2.45 bits per heavy atom. The van der Waals surface area contributed by atoms with E-state index in [9.17, 15) is 32.1 Å². The van der Waals surface area contributed by atoms with Gasteiger partial charge < -0.3 is 14.8 Å². The van der Waals surface area contributed by atoms with Crippen LogP contribution in [-0.4, -0.2) is 67.5 Å². The number of rotatable bonds is 6. The van der Waals surface area contributed by atoms with E-state index in [1.165, 1.54) is 36.4 Å². The van der Waals surface area contributed by atoms with Crippen LogP contribution in [0.25, 0.3) is 0 Å². The Morgan fingerprint density at radius 1 is 1.09 bits per heavy atom. The number of para-hydroxylation sites is 1. The minimum Gasteiger partial charge on any atom is -0.395 e. The van der Waals surface area contributed by atoms with Gasteiger partial charge in [-0.05, 0) is 18.2 Å². The molecule has 0 bridgehead atoms. The summed E-state index contributed by atoms with van der Waals surface area (Å²) in [5.74, 6) is -0.781. The van der Waals surface area contributed by atoms with Crippen molar-refractivity contribution in [2.45, 2.75) is 11.2 Å². The van der Waals surface area contributed by atoms with Gasteiger partial charge in [0.25, 0.3) is 5.69 Å². The van der Waals surface area contributed by atoms with E-state index >= 15 is 0 Å². The number of nitro groups is 1. The molecule has 2 aliphatic rings. The number of anilines is 1. The van der Waals surface area contributed by atoms with E-state index in [0.717, 1.165) is 10.4 Å². The van der Waals surface area contributed by atoms with Crippen molar-refractivity contribution in [2.24, 2.45) is 0 Å². The van der Waals surface area contributed by atoms with Crippen LogP contribution < -0.4 is 14.8 Å². The van der Waals surface area contributed by atoms with Crippen molar-refractivity contribution >= 4 is 27.3 Å². The lowest BCUT2D eigenvalue weighted by Gasteiger charge is -2.33. The molecule has 0 aromatic heterocycles. The van der Waals surface area contributed by atoms with Gasteiger partial charge in [-0.15, -0.1) is 8.78 Å². The van der Waals surface area contributed by atoms with Gasteiger partial charge in [-0.2, -0.15) is 4.31 Å². The van der Waals surface area contributed by atoms with E-state index in [-0.39, 0.29) is 54.8 Å². The molecule has 1 saturated heterocycles. The number of hydrogen-bond donors (Lipinski definition) is 1. The van der Waals surface area contributed by atoms with Crippen LogP contribution in [0.5, 0.6) is 11.5 Å². The number of nitro benzene ring substituents is 1. The highest BCUT2D eigenvalue weighted by Gasteiger charge is 2.43. The summed E-state index contributed by atoms with van der Waals surface area (Å²) < 4.78 is 61.7. The summed E-state index contributed by atoms with van der Waals surface area (Å²) in [4.78, 5) is 24.1. The zero-order chi connectivity index (χ0) is 23.8. The second-order valence-corrected chi connectivity index (χ2v) is 9.19. The van der Waals surface area contributed by atoms with Crippen LogP contribution in [0.3, 0.4) is 0 Å². The standard InChI is InChI=1S/C19H18F2N4O7S/c20-19(21)31-15-6-5-13(11-16(15)32-19)22-18(26)12-23-7-9-24(10-8-23)33(29,30)17-4-2-1-3-14(17)25(27)28/h1-6,11H,7-10,12H2,(H,22,26). The number of halogens is 2. The summed E-state index contributed by atoms with van der Waals surface area (Å²) in [6.45, 7) is 0.465. The van der Waals surface area contributed by atoms with Crippen LogP contribution in [0.1, 0.15) is 0 Å².